The minimum absolute atomic E-state index is 0.241. The van der Waals surface area contributed by atoms with Gasteiger partial charge in [-0.25, -0.2) is 0 Å². The van der Waals surface area contributed by atoms with E-state index in [4.69, 9.17) is 9.47 Å². The number of rotatable bonds is 5. The molecule has 0 aromatic carbocycles. The smallest absolute Gasteiger partial charge is 0.314 e. The monoisotopic (exact) mass is 214 g/mol. The highest BCUT2D eigenvalue weighted by Gasteiger charge is 2.48. The standard InChI is InChI=1S/C11H18O4/c1-8-11(10(12)13,4-5-15-8)7-14-6-9-2-3-9/h8-9H,2-7H2,1H3,(H,12,13). The molecule has 0 spiro atoms. The quantitative estimate of drug-likeness (QED) is 0.749. The molecule has 0 amide bonds. The van der Waals surface area contributed by atoms with Gasteiger partial charge in [0.25, 0.3) is 0 Å². The van der Waals surface area contributed by atoms with E-state index in [0.29, 0.717) is 32.2 Å². The Bertz CT molecular complexity index is 249. The van der Waals surface area contributed by atoms with Crippen LogP contribution in [0.4, 0.5) is 0 Å². The molecule has 2 atom stereocenters. The Kier molecular flexibility index (Phi) is 2.98. The van der Waals surface area contributed by atoms with Crippen LogP contribution in [0.15, 0.2) is 0 Å². The van der Waals surface area contributed by atoms with Crippen LogP contribution in [-0.2, 0) is 14.3 Å². The zero-order valence-corrected chi connectivity index (χ0v) is 9.07. The molecule has 1 saturated carbocycles. The van der Waals surface area contributed by atoms with Crippen LogP contribution in [0.3, 0.4) is 0 Å². The van der Waals surface area contributed by atoms with Crippen LogP contribution in [0, 0.1) is 11.3 Å². The third kappa shape index (κ3) is 2.16. The van der Waals surface area contributed by atoms with E-state index in [2.05, 4.69) is 0 Å². The summed E-state index contributed by atoms with van der Waals surface area (Å²) in [7, 11) is 0. The number of carboxylic acids is 1. The molecule has 4 heteroatoms. The molecule has 1 N–H and O–H groups in total. The first-order valence-electron chi connectivity index (χ1n) is 5.58. The molecule has 0 bridgehead atoms. The molecule has 2 aliphatic rings. The molecule has 2 unspecified atom stereocenters. The fourth-order valence-corrected chi connectivity index (χ4v) is 2.00. The van der Waals surface area contributed by atoms with E-state index in [1.54, 1.807) is 0 Å². The van der Waals surface area contributed by atoms with Gasteiger partial charge in [-0.3, -0.25) is 4.79 Å². The number of carboxylic acid groups (broad SMARTS) is 1. The molecule has 0 aromatic heterocycles. The molecule has 86 valence electrons. The van der Waals surface area contributed by atoms with Crippen molar-refractivity contribution in [2.24, 2.45) is 11.3 Å². The van der Waals surface area contributed by atoms with Crippen LogP contribution in [0.1, 0.15) is 26.2 Å². The van der Waals surface area contributed by atoms with Crippen molar-refractivity contribution in [1.82, 2.24) is 0 Å². The van der Waals surface area contributed by atoms with Crippen molar-refractivity contribution in [3.8, 4) is 0 Å². The second kappa shape index (κ2) is 4.10. The van der Waals surface area contributed by atoms with Crippen LogP contribution >= 0.6 is 0 Å². The predicted octanol–water partition coefficient (Wildman–Crippen LogP) is 1.29. The maximum atomic E-state index is 11.3. The van der Waals surface area contributed by atoms with Gasteiger partial charge in [-0.15, -0.1) is 0 Å². The van der Waals surface area contributed by atoms with Crippen molar-refractivity contribution in [2.45, 2.75) is 32.3 Å². The van der Waals surface area contributed by atoms with Gasteiger partial charge in [0.2, 0.25) is 0 Å². The molecule has 0 aromatic rings. The van der Waals surface area contributed by atoms with Gasteiger partial charge < -0.3 is 14.6 Å². The van der Waals surface area contributed by atoms with Gasteiger partial charge in [0, 0.05) is 13.2 Å². The number of hydrogen-bond donors (Lipinski definition) is 1. The molecule has 0 radical (unpaired) electrons. The molecule has 1 aliphatic carbocycles. The Hall–Kier alpha value is -0.610. The molecule has 1 aliphatic heterocycles. The lowest BCUT2D eigenvalue weighted by Crippen LogP contribution is -2.41. The molecule has 2 fully saturated rings. The maximum Gasteiger partial charge on any atom is 0.314 e. The Morgan fingerprint density at radius 2 is 2.33 bits per heavy atom. The number of hydrogen-bond acceptors (Lipinski definition) is 3. The van der Waals surface area contributed by atoms with Crippen molar-refractivity contribution in [1.29, 1.82) is 0 Å². The average Bonchev–Trinajstić information content (AvgIpc) is 2.92. The van der Waals surface area contributed by atoms with Crippen molar-refractivity contribution < 1.29 is 19.4 Å². The van der Waals surface area contributed by atoms with Crippen LogP contribution in [0.5, 0.6) is 0 Å². The third-order valence-electron chi connectivity index (χ3n) is 3.53. The summed E-state index contributed by atoms with van der Waals surface area (Å²) in [5.74, 6) is -0.114. The van der Waals surface area contributed by atoms with Crippen LogP contribution < -0.4 is 0 Å². The minimum Gasteiger partial charge on any atom is -0.481 e. The number of aliphatic carboxylic acids is 1. The Morgan fingerprint density at radius 3 is 2.80 bits per heavy atom. The second-order valence-corrected chi connectivity index (χ2v) is 4.68. The predicted molar refractivity (Wildman–Crippen MR) is 53.6 cm³/mol. The first-order chi connectivity index (χ1) is 7.15. The van der Waals surface area contributed by atoms with E-state index in [1.807, 2.05) is 6.92 Å². The van der Waals surface area contributed by atoms with E-state index in [-0.39, 0.29) is 6.10 Å². The topological polar surface area (TPSA) is 55.8 Å². The van der Waals surface area contributed by atoms with Crippen LogP contribution in [0.2, 0.25) is 0 Å². The van der Waals surface area contributed by atoms with E-state index in [1.165, 1.54) is 12.8 Å². The normalized spacial score (nSPS) is 35.7. The first-order valence-corrected chi connectivity index (χ1v) is 5.58. The molecule has 2 rings (SSSR count). The highest BCUT2D eigenvalue weighted by atomic mass is 16.5. The van der Waals surface area contributed by atoms with Gasteiger partial charge in [0.1, 0.15) is 5.41 Å². The largest absolute Gasteiger partial charge is 0.481 e. The summed E-state index contributed by atoms with van der Waals surface area (Å²) in [6, 6.07) is 0. The Balaban J connectivity index is 1.89. The SMILES string of the molecule is CC1OCCC1(COCC1CC1)C(=O)O. The third-order valence-corrected chi connectivity index (χ3v) is 3.53. The summed E-state index contributed by atoms with van der Waals surface area (Å²) in [6.07, 6.45) is 2.78. The summed E-state index contributed by atoms with van der Waals surface area (Å²) < 4.78 is 10.9. The zero-order valence-electron chi connectivity index (χ0n) is 9.07. The van der Waals surface area contributed by atoms with Crippen LogP contribution in [0.25, 0.3) is 0 Å². The minimum atomic E-state index is -0.811. The molecular formula is C11H18O4. The lowest BCUT2D eigenvalue weighted by Gasteiger charge is -2.26. The summed E-state index contributed by atoms with van der Waals surface area (Å²) >= 11 is 0. The Morgan fingerprint density at radius 1 is 1.60 bits per heavy atom. The van der Waals surface area contributed by atoms with E-state index in [0.717, 1.165) is 0 Å². The fraction of sp³-hybridized carbons (Fsp3) is 0.909. The second-order valence-electron chi connectivity index (χ2n) is 4.68. The van der Waals surface area contributed by atoms with Crippen molar-refractivity contribution >= 4 is 5.97 Å². The highest BCUT2D eigenvalue weighted by molar-refractivity contribution is 5.76. The summed E-state index contributed by atoms with van der Waals surface area (Å²) in [5.41, 5.74) is -0.811. The Labute approximate surface area is 89.6 Å². The van der Waals surface area contributed by atoms with Gasteiger partial charge in [0.15, 0.2) is 0 Å². The molecule has 1 saturated heterocycles. The van der Waals surface area contributed by atoms with Gasteiger partial charge >= 0.3 is 5.97 Å². The fourth-order valence-electron chi connectivity index (χ4n) is 2.00. The van der Waals surface area contributed by atoms with Gasteiger partial charge in [0.05, 0.1) is 12.7 Å². The average molecular weight is 214 g/mol. The van der Waals surface area contributed by atoms with Crippen molar-refractivity contribution in [2.75, 3.05) is 19.8 Å². The van der Waals surface area contributed by atoms with E-state index >= 15 is 0 Å². The van der Waals surface area contributed by atoms with Crippen molar-refractivity contribution in [3.05, 3.63) is 0 Å². The van der Waals surface area contributed by atoms with Gasteiger partial charge in [-0.1, -0.05) is 0 Å². The number of carbonyl (C=O) groups is 1. The summed E-state index contributed by atoms with van der Waals surface area (Å²) in [4.78, 5) is 11.3. The van der Waals surface area contributed by atoms with E-state index in [9.17, 15) is 9.90 Å². The summed E-state index contributed by atoms with van der Waals surface area (Å²) in [5, 5.41) is 9.26. The van der Waals surface area contributed by atoms with Crippen molar-refractivity contribution in [3.63, 3.8) is 0 Å². The van der Waals surface area contributed by atoms with E-state index < -0.39 is 11.4 Å². The maximum absolute atomic E-state index is 11.3. The molecule has 15 heavy (non-hydrogen) atoms. The number of ether oxygens (including phenoxy) is 2. The lowest BCUT2D eigenvalue weighted by atomic mass is 9.82. The summed E-state index contributed by atoms with van der Waals surface area (Å²) in [6.45, 7) is 3.35. The van der Waals surface area contributed by atoms with Crippen LogP contribution in [-0.4, -0.2) is 37.0 Å². The zero-order chi connectivity index (χ0) is 10.9. The van der Waals surface area contributed by atoms with Gasteiger partial charge in [-0.2, -0.15) is 0 Å². The van der Waals surface area contributed by atoms with Gasteiger partial charge in [-0.05, 0) is 32.1 Å². The molecule has 1 heterocycles. The molecular weight excluding hydrogens is 196 g/mol. The lowest BCUT2D eigenvalue weighted by molar-refractivity contribution is -0.157. The first kappa shape index (κ1) is 10.9. The highest BCUT2D eigenvalue weighted by Crippen LogP contribution is 2.36. The molecule has 4 nitrogen and oxygen atoms in total.